The van der Waals surface area contributed by atoms with Crippen molar-refractivity contribution in [1.82, 2.24) is 15.1 Å². The predicted octanol–water partition coefficient (Wildman–Crippen LogP) is 5.53. The number of nitrogens with zero attached hydrogens (tertiary/aromatic N) is 3. The van der Waals surface area contributed by atoms with Gasteiger partial charge in [-0.3, -0.25) is 14.4 Å². The number of aliphatic hydroxyl groups excluding tert-OH is 1. The summed E-state index contributed by atoms with van der Waals surface area (Å²) in [6.45, 7) is 6.90. The summed E-state index contributed by atoms with van der Waals surface area (Å²) >= 11 is 0. The second-order valence-corrected chi connectivity index (χ2v) is 15.5. The van der Waals surface area contributed by atoms with Crippen molar-refractivity contribution >= 4 is 17.7 Å². The molecule has 51 heavy (non-hydrogen) atoms. The summed E-state index contributed by atoms with van der Waals surface area (Å²) in [7, 11) is 2.35. The Bertz CT molecular complexity index is 1510. The smallest absolute Gasteiger partial charge is 0.246 e. The van der Waals surface area contributed by atoms with Gasteiger partial charge in [-0.25, -0.2) is 0 Å². The van der Waals surface area contributed by atoms with Gasteiger partial charge in [0.25, 0.3) is 0 Å². The molecular weight excluding hydrogens is 636 g/mol. The monoisotopic (exact) mass is 693 g/mol. The van der Waals surface area contributed by atoms with Gasteiger partial charge in [-0.05, 0) is 55.2 Å². The second kappa shape index (κ2) is 16.6. The summed E-state index contributed by atoms with van der Waals surface area (Å²) in [4.78, 5) is 46.0. The van der Waals surface area contributed by atoms with Crippen LogP contribution in [0, 0.1) is 5.92 Å². The van der Waals surface area contributed by atoms with Gasteiger partial charge in [-0.2, -0.15) is 0 Å². The molecule has 0 bridgehead atoms. The Kier molecular flexibility index (Phi) is 11.9. The van der Waals surface area contributed by atoms with Crippen LogP contribution in [0.1, 0.15) is 81.4 Å². The highest BCUT2D eigenvalue weighted by Crippen LogP contribution is 2.43. The van der Waals surface area contributed by atoms with Crippen LogP contribution in [-0.2, 0) is 19.8 Å². The SMILES string of the molecule is CCCCC[N+]1(C)CCC[C@H](CNC(=O)[C@H]2CCCN2C(=O)[C@@H]2C[C@@H](O)CN2C(=O)CC(c2ccccc2)(c2ccccc2)c2ccccc2)C1. The van der Waals surface area contributed by atoms with E-state index in [0.29, 0.717) is 25.4 Å². The number of nitrogens with one attached hydrogen (secondary N) is 1. The zero-order valence-electron chi connectivity index (χ0n) is 30.6. The van der Waals surface area contributed by atoms with Crippen LogP contribution in [0.15, 0.2) is 91.0 Å². The molecule has 3 aromatic rings. The van der Waals surface area contributed by atoms with Crippen molar-refractivity contribution in [2.75, 3.05) is 46.3 Å². The first-order chi connectivity index (χ1) is 24.7. The summed E-state index contributed by atoms with van der Waals surface area (Å²) < 4.78 is 1.07. The molecule has 0 aromatic heterocycles. The highest BCUT2D eigenvalue weighted by atomic mass is 16.3. The summed E-state index contributed by atoms with van der Waals surface area (Å²) in [6.07, 6.45) is 6.79. The lowest BCUT2D eigenvalue weighted by Crippen LogP contribution is -2.55. The number of rotatable bonds is 13. The summed E-state index contributed by atoms with van der Waals surface area (Å²) in [6, 6.07) is 28.8. The molecule has 3 aliphatic heterocycles. The topological polar surface area (TPSA) is 89.9 Å². The van der Waals surface area contributed by atoms with Gasteiger partial charge < -0.3 is 24.7 Å². The van der Waals surface area contributed by atoms with Gasteiger partial charge in [0.05, 0.1) is 38.2 Å². The Balaban J connectivity index is 1.18. The third-order valence-corrected chi connectivity index (χ3v) is 11.8. The fourth-order valence-electron chi connectivity index (χ4n) is 9.16. The average molecular weight is 694 g/mol. The average Bonchev–Trinajstić information content (AvgIpc) is 3.81. The molecule has 272 valence electrons. The van der Waals surface area contributed by atoms with Gasteiger partial charge in [0.1, 0.15) is 12.1 Å². The predicted molar refractivity (Wildman–Crippen MR) is 201 cm³/mol. The maximum absolute atomic E-state index is 14.6. The summed E-state index contributed by atoms with van der Waals surface area (Å²) in [5.74, 6) is -0.101. The lowest BCUT2D eigenvalue weighted by molar-refractivity contribution is -0.917. The van der Waals surface area contributed by atoms with Crippen molar-refractivity contribution < 1.29 is 24.0 Å². The van der Waals surface area contributed by atoms with E-state index in [4.69, 9.17) is 0 Å². The van der Waals surface area contributed by atoms with Crippen LogP contribution in [0.2, 0.25) is 0 Å². The number of hydrogen-bond acceptors (Lipinski definition) is 4. The molecule has 1 unspecified atom stereocenters. The van der Waals surface area contributed by atoms with E-state index in [1.54, 1.807) is 9.80 Å². The van der Waals surface area contributed by atoms with Crippen LogP contribution < -0.4 is 5.32 Å². The molecule has 0 radical (unpaired) electrons. The third-order valence-electron chi connectivity index (χ3n) is 11.8. The van der Waals surface area contributed by atoms with E-state index in [1.807, 2.05) is 54.6 Å². The van der Waals surface area contributed by atoms with Gasteiger partial charge in [0.2, 0.25) is 17.7 Å². The van der Waals surface area contributed by atoms with Crippen LogP contribution in [0.4, 0.5) is 0 Å². The standard InChI is InChI=1S/C43H56N4O4/c1-3-4-14-26-47(2)27-16-17-33(32-47)30-44-41(50)38-24-15-25-45(38)42(51)39-28-37(48)31-46(39)40(49)29-43(34-18-8-5-9-19-34,35-20-10-6-11-21-35)36-22-12-7-13-23-36/h5-13,18-23,33,37-39,48H,3-4,14-17,24-32H2,1-2H3/p+1/t33-,37-,38-,39+,47?/m1/s1. The normalized spacial score (nSPS) is 25.2. The van der Waals surface area contributed by atoms with Crippen LogP contribution in [0.5, 0.6) is 0 Å². The molecule has 3 heterocycles. The van der Waals surface area contributed by atoms with Gasteiger partial charge in [-0.1, -0.05) is 104 Å². The van der Waals surface area contributed by atoms with E-state index in [2.05, 4.69) is 55.7 Å². The Morgan fingerprint density at radius 1 is 0.824 bits per heavy atom. The Labute approximate surface area is 304 Å². The van der Waals surface area contributed by atoms with Crippen LogP contribution in [0.25, 0.3) is 0 Å². The molecule has 0 spiro atoms. The van der Waals surface area contributed by atoms with Gasteiger partial charge in [0, 0.05) is 38.4 Å². The number of hydrogen-bond donors (Lipinski definition) is 2. The zero-order valence-corrected chi connectivity index (χ0v) is 30.6. The molecule has 3 fully saturated rings. The molecule has 0 saturated carbocycles. The second-order valence-electron chi connectivity index (χ2n) is 15.5. The first-order valence-corrected chi connectivity index (χ1v) is 19.3. The molecule has 3 amide bonds. The highest BCUT2D eigenvalue weighted by molar-refractivity contribution is 5.93. The van der Waals surface area contributed by atoms with E-state index < -0.39 is 23.6 Å². The molecule has 2 N–H and O–H groups in total. The Morgan fingerprint density at radius 2 is 1.43 bits per heavy atom. The molecule has 6 rings (SSSR count). The van der Waals surface area contributed by atoms with Crippen LogP contribution in [-0.4, -0.2) is 102 Å². The van der Waals surface area contributed by atoms with E-state index in [1.165, 1.54) is 38.8 Å². The number of unbranched alkanes of at least 4 members (excludes halogenated alkanes) is 2. The van der Waals surface area contributed by atoms with Crippen molar-refractivity contribution in [2.24, 2.45) is 5.92 Å². The lowest BCUT2D eigenvalue weighted by atomic mass is 9.67. The minimum absolute atomic E-state index is 0.0860. The first-order valence-electron chi connectivity index (χ1n) is 19.3. The number of piperidine rings is 1. The Hall–Kier alpha value is -4.01. The number of carbonyl (C=O) groups excluding carboxylic acids is 3. The van der Waals surface area contributed by atoms with Gasteiger partial charge >= 0.3 is 0 Å². The minimum Gasteiger partial charge on any atom is -0.391 e. The maximum atomic E-state index is 14.6. The number of benzene rings is 3. The van der Waals surface area contributed by atoms with E-state index >= 15 is 0 Å². The molecule has 3 aliphatic rings. The summed E-state index contributed by atoms with van der Waals surface area (Å²) in [5.41, 5.74) is 2.12. The quantitative estimate of drug-likeness (QED) is 0.140. The van der Waals surface area contributed by atoms with Crippen molar-refractivity contribution in [1.29, 1.82) is 0 Å². The van der Waals surface area contributed by atoms with Crippen molar-refractivity contribution in [2.45, 2.75) is 88.3 Å². The molecule has 8 heteroatoms. The number of carbonyl (C=O) groups is 3. The van der Waals surface area contributed by atoms with Crippen LogP contribution >= 0.6 is 0 Å². The highest BCUT2D eigenvalue weighted by Gasteiger charge is 2.47. The van der Waals surface area contributed by atoms with Crippen molar-refractivity contribution in [3.8, 4) is 0 Å². The fourth-order valence-corrected chi connectivity index (χ4v) is 9.16. The number of quaternary nitrogens is 1. The van der Waals surface area contributed by atoms with Crippen molar-refractivity contribution in [3.05, 3.63) is 108 Å². The largest absolute Gasteiger partial charge is 0.391 e. The third kappa shape index (κ3) is 8.23. The van der Waals surface area contributed by atoms with Crippen molar-refractivity contribution in [3.63, 3.8) is 0 Å². The molecule has 0 aliphatic carbocycles. The molecule has 5 atom stereocenters. The van der Waals surface area contributed by atoms with Gasteiger partial charge in [-0.15, -0.1) is 0 Å². The molecular formula is C43H57N4O4+. The number of amides is 3. The number of aliphatic hydroxyl groups is 1. The first kappa shape index (κ1) is 36.8. The van der Waals surface area contributed by atoms with E-state index in [9.17, 15) is 19.5 Å². The zero-order chi connectivity index (χ0) is 35.8. The molecule has 8 nitrogen and oxygen atoms in total. The number of likely N-dealkylation sites (tertiary alicyclic amines) is 3. The summed E-state index contributed by atoms with van der Waals surface area (Å²) in [5, 5.41) is 14.2. The lowest BCUT2D eigenvalue weighted by Gasteiger charge is -2.41. The maximum Gasteiger partial charge on any atom is 0.246 e. The molecule has 3 saturated heterocycles. The molecule has 3 aromatic carbocycles. The fraction of sp³-hybridized carbons (Fsp3) is 0.512. The number of β-amino-alcohol motifs (C(OH)–C–C–N with tert-alkyl or cyclic N) is 1. The van der Waals surface area contributed by atoms with E-state index in [0.717, 1.165) is 40.6 Å². The minimum atomic E-state index is -0.819. The van der Waals surface area contributed by atoms with Crippen LogP contribution in [0.3, 0.4) is 0 Å². The Morgan fingerprint density at radius 3 is 2.02 bits per heavy atom. The van der Waals surface area contributed by atoms with E-state index in [-0.39, 0.29) is 37.1 Å². The van der Waals surface area contributed by atoms with Gasteiger partial charge in [0.15, 0.2) is 0 Å².